The Kier molecular flexibility index (Phi) is 5.84. The number of hydrogen-bond acceptors (Lipinski definition) is 5. The van der Waals surface area contributed by atoms with Crippen LogP contribution in [-0.2, 0) is 9.59 Å². The largest absolute Gasteiger partial charge is 0.505 e. The molecule has 4 rings (SSSR count). The summed E-state index contributed by atoms with van der Waals surface area (Å²) in [4.78, 5) is 34.4. The van der Waals surface area contributed by atoms with Crippen molar-refractivity contribution in [3.63, 3.8) is 0 Å². The van der Waals surface area contributed by atoms with E-state index in [2.05, 4.69) is 4.98 Å². The Morgan fingerprint density at radius 1 is 1.09 bits per heavy atom. The highest BCUT2D eigenvalue weighted by atomic mass is 16.3. The van der Waals surface area contributed by atoms with Crippen molar-refractivity contribution in [3.8, 4) is 0 Å². The van der Waals surface area contributed by atoms with Crippen LogP contribution in [0.3, 0.4) is 0 Å². The number of benzene rings is 1. The first-order valence-electron chi connectivity index (χ1n) is 10.7. The number of fused-ring (bicyclic) bond motifs is 1. The van der Waals surface area contributed by atoms with Crippen LogP contribution in [0, 0.1) is 13.8 Å². The number of imidazole rings is 1. The Balaban J connectivity index is 1.87. The fourth-order valence-corrected chi connectivity index (χ4v) is 4.29. The van der Waals surface area contributed by atoms with Gasteiger partial charge < -0.3 is 14.9 Å². The summed E-state index contributed by atoms with van der Waals surface area (Å²) in [5, 5.41) is 11.4. The number of carbonyl (C=O) groups excluding carboxylic acids is 2. The molecule has 1 N–H and O–H groups in total. The highest BCUT2D eigenvalue weighted by Gasteiger charge is 2.46. The van der Waals surface area contributed by atoms with Crippen LogP contribution in [0.25, 0.3) is 11.4 Å². The van der Waals surface area contributed by atoms with Crippen molar-refractivity contribution < 1.29 is 14.7 Å². The van der Waals surface area contributed by atoms with Gasteiger partial charge in [-0.2, -0.15) is 0 Å². The number of carbonyl (C=O) groups is 2. The maximum Gasteiger partial charge on any atom is 0.295 e. The van der Waals surface area contributed by atoms with E-state index in [1.807, 2.05) is 68.4 Å². The van der Waals surface area contributed by atoms with Crippen molar-refractivity contribution in [2.45, 2.75) is 26.3 Å². The molecule has 1 atom stereocenters. The molecule has 0 unspecified atom stereocenters. The van der Waals surface area contributed by atoms with Gasteiger partial charge in [0.1, 0.15) is 11.3 Å². The lowest BCUT2D eigenvalue weighted by molar-refractivity contribution is -0.139. The van der Waals surface area contributed by atoms with E-state index in [1.165, 1.54) is 0 Å². The van der Waals surface area contributed by atoms with Crippen LogP contribution >= 0.6 is 0 Å². The van der Waals surface area contributed by atoms with Crippen LogP contribution in [0.1, 0.15) is 35.0 Å². The fourth-order valence-electron chi connectivity index (χ4n) is 4.29. The number of aryl methyl sites for hydroxylation is 2. The van der Waals surface area contributed by atoms with E-state index in [1.54, 1.807) is 22.4 Å². The molecule has 1 amide bonds. The van der Waals surface area contributed by atoms with Crippen LogP contribution in [0.15, 0.2) is 54.2 Å². The zero-order valence-electron chi connectivity index (χ0n) is 18.9. The number of Topliss-reactive ketones (excluding diaryl/α,β-unsaturated/α-hetero) is 1. The molecule has 1 fully saturated rings. The average Bonchev–Trinajstić information content (AvgIpc) is 3.22. The molecular weight excluding hydrogens is 404 g/mol. The molecule has 0 aliphatic carbocycles. The number of amides is 1. The minimum absolute atomic E-state index is 0.109. The summed E-state index contributed by atoms with van der Waals surface area (Å²) in [6, 6.07) is 12.6. The summed E-state index contributed by atoms with van der Waals surface area (Å²) in [6.07, 6.45) is 2.51. The van der Waals surface area contributed by atoms with Gasteiger partial charge in [0.05, 0.1) is 17.3 Å². The van der Waals surface area contributed by atoms with E-state index in [4.69, 9.17) is 0 Å². The number of aliphatic hydroxyl groups is 1. The number of nitrogens with zero attached hydrogens (tertiary/aromatic N) is 4. The van der Waals surface area contributed by atoms with Gasteiger partial charge in [-0.05, 0) is 58.6 Å². The van der Waals surface area contributed by atoms with Crippen LogP contribution in [-0.4, -0.2) is 63.2 Å². The SMILES string of the molecule is Cc1ccc([C@@H]2/C(=C(\O)c3c(C)nc4ccccn34)C(=O)C(=O)N2CCCN(C)C)cc1. The Bertz CT molecular complexity index is 1210. The Labute approximate surface area is 187 Å². The molecule has 0 radical (unpaired) electrons. The number of rotatable bonds is 6. The van der Waals surface area contributed by atoms with E-state index in [0.29, 0.717) is 23.6 Å². The Morgan fingerprint density at radius 3 is 2.50 bits per heavy atom. The minimum Gasteiger partial charge on any atom is -0.505 e. The first-order chi connectivity index (χ1) is 15.3. The molecule has 0 spiro atoms. The van der Waals surface area contributed by atoms with Crippen LogP contribution in [0.5, 0.6) is 0 Å². The normalized spacial score (nSPS) is 18.3. The molecule has 3 aromatic rings. The molecule has 2 aromatic heterocycles. The first-order valence-corrected chi connectivity index (χ1v) is 10.7. The zero-order chi connectivity index (χ0) is 23.0. The second-order valence-corrected chi connectivity index (χ2v) is 8.53. The highest BCUT2D eigenvalue weighted by molar-refractivity contribution is 6.46. The predicted molar refractivity (Wildman–Crippen MR) is 123 cm³/mol. The molecule has 3 heterocycles. The van der Waals surface area contributed by atoms with Crippen molar-refractivity contribution in [1.29, 1.82) is 0 Å². The maximum absolute atomic E-state index is 13.2. The topological polar surface area (TPSA) is 78.1 Å². The number of hydrogen-bond donors (Lipinski definition) is 1. The van der Waals surface area contributed by atoms with Crippen LogP contribution < -0.4 is 0 Å². The van der Waals surface area contributed by atoms with Gasteiger partial charge in [0, 0.05) is 12.7 Å². The van der Waals surface area contributed by atoms with Crippen molar-refractivity contribution in [1.82, 2.24) is 19.2 Å². The number of pyridine rings is 1. The van der Waals surface area contributed by atoms with E-state index in [9.17, 15) is 14.7 Å². The molecule has 1 aliphatic heterocycles. The predicted octanol–water partition coefficient (Wildman–Crippen LogP) is 3.32. The van der Waals surface area contributed by atoms with Gasteiger partial charge in [0.25, 0.3) is 11.7 Å². The third-order valence-electron chi connectivity index (χ3n) is 5.87. The number of aliphatic hydroxyl groups excluding tert-OH is 1. The highest BCUT2D eigenvalue weighted by Crippen LogP contribution is 2.40. The van der Waals surface area contributed by atoms with E-state index in [-0.39, 0.29) is 11.3 Å². The van der Waals surface area contributed by atoms with E-state index in [0.717, 1.165) is 24.1 Å². The molecule has 1 aromatic carbocycles. The molecule has 166 valence electrons. The number of aromatic nitrogens is 2. The van der Waals surface area contributed by atoms with Gasteiger partial charge >= 0.3 is 0 Å². The summed E-state index contributed by atoms with van der Waals surface area (Å²) in [7, 11) is 3.94. The van der Waals surface area contributed by atoms with Gasteiger partial charge in [-0.15, -0.1) is 0 Å². The van der Waals surface area contributed by atoms with Gasteiger partial charge in [-0.1, -0.05) is 35.9 Å². The zero-order valence-corrected chi connectivity index (χ0v) is 18.9. The summed E-state index contributed by atoms with van der Waals surface area (Å²) < 4.78 is 1.75. The van der Waals surface area contributed by atoms with Gasteiger partial charge in [-0.25, -0.2) is 4.98 Å². The van der Waals surface area contributed by atoms with Crippen molar-refractivity contribution >= 4 is 23.1 Å². The Morgan fingerprint density at radius 2 is 1.81 bits per heavy atom. The lowest BCUT2D eigenvalue weighted by atomic mass is 9.95. The lowest BCUT2D eigenvalue weighted by Gasteiger charge is -2.26. The van der Waals surface area contributed by atoms with E-state index < -0.39 is 17.7 Å². The number of ketones is 1. The van der Waals surface area contributed by atoms with Crippen LogP contribution in [0.2, 0.25) is 0 Å². The summed E-state index contributed by atoms with van der Waals surface area (Å²) in [6.45, 7) is 4.98. The molecule has 32 heavy (non-hydrogen) atoms. The van der Waals surface area contributed by atoms with Crippen molar-refractivity contribution in [2.75, 3.05) is 27.2 Å². The molecule has 1 saturated heterocycles. The molecular formula is C25H28N4O3. The first kappa shape index (κ1) is 21.8. The molecule has 0 saturated carbocycles. The minimum atomic E-state index is -0.664. The van der Waals surface area contributed by atoms with Gasteiger partial charge in [0.2, 0.25) is 0 Å². The molecule has 7 heteroatoms. The summed E-state index contributed by atoms with van der Waals surface area (Å²) in [5.41, 5.74) is 3.68. The second kappa shape index (κ2) is 8.59. The van der Waals surface area contributed by atoms with Gasteiger partial charge in [-0.3, -0.25) is 14.0 Å². The molecule has 1 aliphatic rings. The lowest BCUT2D eigenvalue weighted by Crippen LogP contribution is -2.32. The number of likely N-dealkylation sites (tertiary alicyclic amines) is 1. The maximum atomic E-state index is 13.2. The quantitative estimate of drug-likeness (QED) is 0.367. The second-order valence-electron chi connectivity index (χ2n) is 8.53. The van der Waals surface area contributed by atoms with E-state index >= 15 is 0 Å². The third kappa shape index (κ3) is 3.80. The van der Waals surface area contributed by atoms with Crippen LogP contribution in [0.4, 0.5) is 0 Å². The third-order valence-corrected chi connectivity index (χ3v) is 5.87. The Hall–Kier alpha value is -3.45. The van der Waals surface area contributed by atoms with Crippen molar-refractivity contribution in [3.05, 3.63) is 76.7 Å². The molecule has 0 bridgehead atoms. The molecule has 7 nitrogen and oxygen atoms in total. The van der Waals surface area contributed by atoms with Gasteiger partial charge in [0.15, 0.2) is 5.76 Å². The average molecular weight is 433 g/mol. The summed E-state index contributed by atoms with van der Waals surface area (Å²) >= 11 is 0. The monoisotopic (exact) mass is 432 g/mol. The van der Waals surface area contributed by atoms with Crippen molar-refractivity contribution in [2.24, 2.45) is 0 Å². The summed E-state index contributed by atoms with van der Waals surface area (Å²) in [5.74, 6) is -1.44. The standard InChI is InChI=1S/C25H28N4O3/c1-16-9-11-18(12-10-16)22-20(24(31)25(32)29(22)15-7-13-27(3)4)23(30)21-17(2)26-19-8-5-6-14-28(19)21/h5-6,8-12,14,22,30H,7,13,15H2,1-4H3/b23-20+/t22-/m1/s1. The smallest absolute Gasteiger partial charge is 0.295 e. The fraction of sp³-hybridized carbons (Fsp3) is 0.320.